The van der Waals surface area contributed by atoms with Crippen LogP contribution in [0.15, 0.2) is 23.2 Å². The number of fused-ring (bicyclic) bond motifs is 1. The van der Waals surface area contributed by atoms with Gasteiger partial charge in [-0.05, 0) is 56.5 Å². The van der Waals surface area contributed by atoms with Crippen LogP contribution in [0.5, 0.6) is 0 Å². The van der Waals surface area contributed by atoms with E-state index in [9.17, 15) is 0 Å². The number of imidazole rings is 2. The Balaban J connectivity index is 0.00000114. The molecule has 0 amide bonds. The van der Waals surface area contributed by atoms with Gasteiger partial charge in [-0.3, -0.25) is 0 Å². The monoisotopic (exact) mass is 602 g/mol. The van der Waals surface area contributed by atoms with E-state index >= 15 is 0 Å². The molecule has 2 unspecified atom stereocenters. The zero-order valence-electron chi connectivity index (χ0n) is 19.1. The van der Waals surface area contributed by atoms with Gasteiger partial charge in [0.15, 0.2) is 0 Å². The molecule has 2 atom stereocenters. The van der Waals surface area contributed by atoms with Crippen molar-refractivity contribution in [3.63, 3.8) is 0 Å². The Morgan fingerprint density at radius 3 is 2.08 bits per heavy atom. The van der Waals surface area contributed by atoms with Crippen molar-refractivity contribution in [2.45, 2.75) is 37.8 Å². The number of nitrogens with one attached hydrogen (secondary N) is 4. The second kappa shape index (κ2) is 13.7. The van der Waals surface area contributed by atoms with E-state index in [0.29, 0.717) is 12.1 Å². The Hall–Kier alpha value is -1.72. The van der Waals surface area contributed by atoms with Gasteiger partial charge in [-0.15, -0.1) is 72.3 Å². The van der Waals surface area contributed by atoms with E-state index in [4.69, 9.17) is 0 Å². The maximum absolute atomic E-state index is 4.62. The Labute approximate surface area is 242 Å². The highest BCUT2D eigenvalue weighted by atomic mass is 35.5. The topological polar surface area (TPSA) is 81.4 Å². The predicted octanol–water partition coefficient (Wildman–Crippen LogP) is 6.02. The van der Waals surface area contributed by atoms with Crippen LogP contribution in [0.2, 0.25) is 0 Å². The molecule has 4 aromatic rings. The number of rotatable bonds is 3. The fourth-order valence-electron chi connectivity index (χ4n) is 4.35. The molecule has 0 radical (unpaired) electrons. The molecule has 0 bridgehead atoms. The Morgan fingerprint density at radius 1 is 0.750 bits per heavy atom. The minimum Gasteiger partial charge on any atom is -0.341 e. The summed E-state index contributed by atoms with van der Waals surface area (Å²) in [4.78, 5) is 15.9. The molecule has 4 aromatic heterocycles. The van der Waals surface area contributed by atoms with Gasteiger partial charge >= 0.3 is 0 Å². The zero-order valence-corrected chi connectivity index (χ0v) is 23.9. The van der Waals surface area contributed by atoms with E-state index < -0.39 is 0 Å². The molecule has 0 saturated carbocycles. The molecule has 6 nitrogen and oxygen atoms in total. The fourth-order valence-corrected chi connectivity index (χ4v) is 6.65. The third-order valence-corrected chi connectivity index (χ3v) is 8.16. The standard InChI is InChI=1S/C24H22N6S2.4ClH/c1(2-6-16-11-27-23(29-16)18-7-3-9-25-18)5-15-13-31-22-17(14-32-21(15)22)20-12-28-24(30-20)19-8-4-10-26-19;;;;/h11-14,18-19,25-26H,3-4,7-10H2,(H,27,29)(H,28,30);4*1H. The van der Waals surface area contributed by atoms with Crippen molar-refractivity contribution in [2.75, 3.05) is 13.1 Å². The molecule has 12 heteroatoms. The van der Waals surface area contributed by atoms with E-state index in [2.05, 4.69) is 65.0 Å². The maximum Gasteiger partial charge on any atom is 0.124 e. The lowest BCUT2D eigenvalue weighted by Crippen LogP contribution is -2.14. The van der Waals surface area contributed by atoms with Crippen LogP contribution >= 0.6 is 72.3 Å². The van der Waals surface area contributed by atoms with Crippen molar-refractivity contribution in [1.29, 1.82) is 0 Å². The first-order valence-electron chi connectivity index (χ1n) is 10.9. The van der Waals surface area contributed by atoms with Crippen molar-refractivity contribution in [3.8, 4) is 34.9 Å². The number of hydrogen-bond acceptors (Lipinski definition) is 6. The van der Waals surface area contributed by atoms with Gasteiger partial charge in [0.2, 0.25) is 0 Å². The summed E-state index contributed by atoms with van der Waals surface area (Å²) in [5.41, 5.74) is 4.13. The van der Waals surface area contributed by atoms with Crippen LogP contribution in [0.3, 0.4) is 0 Å². The molecular formula is C24H26Cl4N6S2. The Kier molecular flexibility index (Phi) is 11.6. The first-order valence-corrected chi connectivity index (χ1v) is 12.7. The summed E-state index contributed by atoms with van der Waals surface area (Å²) < 4.78 is 2.47. The van der Waals surface area contributed by atoms with Gasteiger partial charge in [-0.2, -0.15) is 0 Å². The number of thiophene rings is 2. The van der Waals surface area contributed by atoms with Crippen LogP contribution in [0.25, 0.3) is 20.7 Å². The van der Waals surface area contributed by atoms with Crippen molar-refractivity contribution in [2.24, 2.45) is 0 Å². The van der Waals surface area contributed by atoms with Gasteiger partial charge in [-0.1, -0.05) is 5.92 Å². The van der Waals surface area contributed by atoms with Crippen LogP contribution in [-0.4, -0.2) is 33.0 Å². The molecule has 192 valence electrons. The van der Waals surface area contributed by atoms with Crippen molar-refractivity contribution < 1.29 is 0 Å². The summed E-state index contributed by atoms with van der Waals surface area (Å²) in [6, 6.07) is 0.672. The molecule has 0 spiro atoms. The summed E-state index contributed by atoms with van der Waals surface area (Å²) in [7, 11) is 0. The first kappa shape index (κ1) is 30.5. The molecule has 6 heterocycles. The summed E-state index contributed by atoms with van der Waals surface area (Å²) in [5, 5.41) is 11.3. The number of H-pyrrole nitrogens is 2. The number of hydrogen-bond donors (Lipinski definition) is 4. The molecular weight excluding hydrogens is 578 g/mol. The van der Waals surface area contributed by atoms with Crippen LogP contribution in [0.4, 0.5) is 0 Å². The number of halogens is 4. The number of aromatic nitrogens is 4. The number of aromatic amines is 2. The SMILES string of the molecule is C(C#Cc1csc2c(-c3cnc(C4CCCN4)[nH]3)csc12)#Cc1cnc(C2CCCN2)[nH]1.Cl.Cl.Cl.Cl. The lowest BCUT2D eigenvalue weighted by atomic mass is 10.2. The van der Waals surface area contributed by atoms with Crippen LogP contribution in [0.1, 0.15) is 60.7 Å². The third-order valence-electron chi connectivity index (χ3n) is 6.00. The molecule has 0 aliphatic carbocycles. The highest BCUT2D eigenvalue weighted by Gasteiger charge is 2.21. The Bertz CT molecular complexity index is 1390. The van der Waals surface area contributed by atoms with Gasteiger partial charge in [0.25, 0.3) is 0 Å². The minimum absolute atomic E-state index is 0. The average Bonchev–Trinajstić information content (AvgIpc) is 3.64. The van der Waals surface area contributed by atoms with E-state index in [1.54, 1.807) is 28.9 Å². The van der Waals surface area contributed by atoms with E-state index in [1.165, 1.54) is 27.8 Å². The van der Waals surface area contributed by atoms with Crippen LogP contribution in [0, 0.1) is 23.7 Å². The van der Waals surface area contributed by atoms with E-state index in [1.807, 2.05) is 6.20 Å². The summed E-state index contributed by atoms with van der Waals surface area (Å²) in [6.07, 6.45) is 8.40. The molecule has 4 N–H and O–H groups in total. The lowest BCUT2D eigenvalue weighted by Gasteiger charge is -2.05. The van der Waals surface area contributed by atoms with Gasteiger partial charge in [0.1, 0.15) is 17.3 Å². The summed E-state index contributed by atoms with van der Waals surface area (Å²) in [6.45, 7) is 2.12. The van der Waals surface area contributed by atoms with Gasteiger partial charge in [0.05, 0.1) is 45.1 Å². The average molecular weight is 604 g/mol. The van der Waals surface area contributed by atoms with Crippen molar-refractivity contribution in [1.82, 2.24) is 30.6 Å². The third kappa shape index (κ3) is 6.22. The molecule has 2 aliphatic rings. The predicted molar refractivity (Wildman–Crippen MR) is 159 cm³/mol. The summed E-state index contributed by atoms with van der Waals surface area (Å²) >= 11 is 3.46. The van der Waals surface area contributed by atoms with Crippen LogP contribution in [-0.2, 0) is 0 Å². The molecule has 6 rings (SSSR count). The molecule has 2 saturated heterocycles. The van der Waals surface area contributed by atoms with Crippen LogP contribution < -0.4 is 10.6 Å². The largest absolute Gasteiger partial charge is 0.341 e. The van der Waals surface area contributed by atoms with Crippen molar-refractivity contribution >= 4 is 81.7 Å². The second-order valence-corrected chi connectivity index (χ2v) is 9.88. The smallest absolute Gasteiger partial charge is 0.124 e. The number of nitrogens with zero attached hydrogens (tertiary/aromatic N) is 2. The molecule has 0 aromatic carbocycles. The Morgan fingerprint density at radius 2 is 1.39 bits per heavy atom. The minimum atomic E-state index is 0. The van der Waals surface area contributed by atoms with Gasteiger partial charge in [-0.25, -0.2) is 9.97 Å². The maximum atomic E-state index is 4.62. The molecule has 36 heavy (non-hydrogen) atoms. The van der Waals surface area contributed by atoms with E-state index in [0.717, 1.165) is 54.5 Å². The van der Waals surface area contributed by atoms with Crippen molar-refractivity contribution in [3.05, 3.63) is 46.1 Å². The molecule has 2 aliphatic heterocycles. The fraction of sp³-hybridized carbons (Fsp3) is 0.333. The van der Waals surface area contributed by atoms with E-state index in [-0.39, 0.29) is 49.6 Å². The highest BCUT2D eigenvalue weighted by molar-refractivity contribution is 7.27. The van der Waals surface area contributed by atoms with Gasteiger partial charge < -0.3 is 20.6 Å². The molecule has 2 fully saturated rings. The quantitative estimate of drug-likeness (QED) is 0.216. The normalized spacial score (nSPS) is 18.0. The first-order chi connectivity index (χ1) is 15.8. The van der Waals surface area contributed by atoms with Gasteiger partial charge in [0, 0.05) is 16.3 Å². The highest BCUT2D eigenvalue weighted by Crippen LogP contribution is 2.39. The second-order valence-electron chi connectivity index (χ2n) is 8.12. The lowest BCUT2D eigenvalue weighted by molar-refractivity contribution is 0.612. The summed E-state index contributed by atoms with van der Waals surface area (Å²) in [5.74, 6) is 14.3. The zero-order chi connectivity index (χ0) is 21.3.